The van der Waals surface area contributed by atoms with E-state index in [1.165, 1.54) is 7.11 Å². The van der Waals surface area contributed by atoms with Crippen LogP contribution in [0.4, 0.5) is 10.5 Å². The van der Waals surface area contributed by atoms with Crippen LogP contribution >= 0.6 is 0 Å². The molecule has 0 aliphatic carbocycles. The van der Waals surface area contributed by atoms with Crippen LogP contribution in [0, 0.1) is 12.8 Å². The van der Waals surface area contributed by atoms with E-state index in [-0.39, 0.29) is 24.5 Å². The van der Waals surface area contributed by atoms with Gasteiger partial charge in [-0.1, -0.05) is 6.07 Å². The molecule has 0 aromatic heterocycles. The number of nitrogens with zero attached hydrogens (tertiary/aromatic N) is 2. The van der Waals surface area contributed by atoms with Gasteiger partial charge >= 0.3 is 12.1 Å². The molecule has 1 aromatic carbocycles. The molecule has 172 valence electrons. The number of benzene rings is 1. The van der Waals surface area contributed by atoms with Crippen molar-refractivity contribution in [2.45, 2.75) is 46.1 Å². The highest BCUT2D eigenvalue weighted by atomic mass is 16.6. The highest BCUT2D eigenvalue weighted by Gasteiger charge is 2.26. The summed E-state index contributed by atoms with van der Waals surface area (Å²) in [7, 11) is 3.07. The SMILES string of the molecule is COC(=O)c1ccc(C)c(NC(=O)CN2CCCC(CN(C)C(=O)OC(C)(C)C)C2)c1. The number of carbonyl (C=O) groups is 3. The van der Waals surface area contributed by atoms with Crippen molar-refractivity contribution < 1.29 is 23.9 Å². The Balaban J connectivity index is 1.90. The first kappa shape index (κ1) is 24.7. The minimum absolute atomic E-state index is 0.133. The number of esters is 1. The van der Waals surface area contributed by atoms with Crippen molar-refractivity contribution in [1.82, 2.24) is 9.80 Å². The molecule has 31 heavy (non-hydrogen) atoms. The van der Waals surface area contributed by atoms with Gasteiger partial charge < -0.3 is 19.7 Å². The molecule has 0 bridgehead atoms. The Labute approximate surface area is 184 Å². The first-order valence-corrected chi connectivity index (χ1v) is 10.6. The molecule has 2 amide bonds. The van der Waals surface area contributed by atoms with Crippen LogP contribution in [0.15, 0.2) is 18.2 Å². The smallest absolute Gasteiger partial charge is 0.410 e. The molecule has 1 atom stereocenters. The van der Waals surface area contributed by atoms with Gasteiger partial charge in [0.2, 0.25) is 5.91 Å². The average Bonchev–Trinajstić information content (AvgIpc) is 2.68. The number of rotatable bonds is 6. The average molecular weight is 434 g/mol. The lowest BCUT2D eigenvalue weighted by atomic mass is 9.97. The number of methoxy groups -OCH3 is 1. The van der Waals surface area contributed by atoms with E-state index in [1.807, 2.05) is 27.7 Å². The number of hydrogen-bond acceptors (Lipinski definition) is 6. The van der Waals surface area contributed by atoms with Gasteiger partial charge in [-0.3, -0.25) is 9.69 Å². The Morgan fingerprint density at radius 3 is 2.61 bits per heavy atom. The monoisotopic (exact) mass is 433 g/mol. The summed E-state index contributed by atoms with van der Waals surface area (Å²) in [5.41, 5.74) is 1.35. The number of ether oxygens (including phenoxy) is 2. The normalized spacial score (nSPS) is 17.0. The lowest BCUT2D eigenvalue weighted by Crippen LogP contribution is -2.45. The fourth-order valence-corrected chi connectivity index (χ4v) is 3.64. The Bertz CT molecular complexity index is 803. The predicted octanol–water partition coefficient (Wildman–Crippen LogP) is 3.30. The van der Waals surface area contributed by atoms with Crippen molar-refractivity contribution in [3.05, 3.63) is 29.3 Å². The molecule has 1 aliphatic rings. The molecule has 8 nitrogen and oxygen atoms in total. The van der Waals surface area contributed by atoms with Gasteiger partial charge in [0, 0.05) is 25.8 Å². The summed E-state index contributed by atoms with van der Waals surface area (Å²) in [5.74, 6) is -0.293. The lowest BCUT2D eigenvalue weighted by molar-refractivity contribution is -0.117. The Kier molecular flexibility index (Phi) is 8.44. The third-order valence-electron chi connectivity index (χ3n) is 5.14. The number of aryl methyl sites for hydroxylation is 1. The third kappa shape index (κ3) is 7.86. The highest BCUT2D eigenvalue weighted by molar-refractivity contribution is 5.96. The molecule has 1 N–H and O–H groups in total. The number of nitrogens with one attached hydrogen (secondary N) is 1. The van der Waals surface area contributed by atoms with Crippen LogP contribution in [0.1, 0.15) is 49.5 Å². The van der Waals surface area contributed by atoms with Crippen molar-refractivity contribution in [2.75, 3.05) is 45.7 Å². The first-order valence-electron chi connectivity index (χ1n) is 10.6. The number of carbonyl (C=O) groups excluding carboxylic acids is 3. The predicted molar refractivity (Wildman–Crippen MR) is 119 cm³/mol. The second-order valence-corrected chi connectivity index (χ2v) is 9.17. The Morgan fingerprint density at radius 1 is 1.26 bits per heavy atom. The molecule has 0 saturated carbocycles. The van der Waals surface area contributed by atoms with E-state index in [0.29, 0.717) is 17.8 Å². The van der Waals surface area contributed by atoms with Crippen LogP contribution in [0.25, 0.3) is 0 Å². The van der Waals surface area contributed by atoms with Crippen molar-refractivity contribution in [1.29, 1.82) is 0 Å². The molecule has 1 heterocycles. The minimum atomic E-state index is -0.522. The molecule has 0 radical (unpaired) electrons. The fourth-order valence-electron chi connectivity index (χ4n) is 3.64. The summed E-state index contributed by atoms with van der Waals surface area (Å²) in [5, 5.41) is 2.90. The summed E-state index contributed by atoms with van der Waals surface area (Å²) in [6.07, 6.45) is 1.64. The van der Waals surface area contributed by atoms with Crippen LogP contribution in [0.3, 0.4) is 0 Å². The van der Waals surface area contributed by atoms with E-state index in [2.05, 4.69) is 10.2 Å². The van der Waals surface area contributed by atoms with Gasteiger partial charge in [-0.05, 0) is 70.7 Å². The summed E-state index contributed by atoms with van der Waals surface area (Å²) < 4.78 is 10.2. The van der Waals surface area contributed by atoms with Crippen molar-refractivity contribution >= 4 is 23.7 Å². The van der Waals surface area contributed by atoms with Gasteiger partial charge in [-0.2, -0.15) is 0 Å². The van der Waals surface area contributed by atoms with Crippen LogP contribution in [0.2, 0.25) is 0 Å². The fraction of sp³-hybridized carbons (Fsp3) is 0.609. The van der Waals surface area contributed by atoms with E-state index >= 15 is 0 Å². The zero-order valence-corrected chi connectivity index (χ0v) is 19.5. The number of likely N-dealkylation sites (tertiary alicyclic amines) is 1. The molecule has 1 fully saturated rings. The molecule has 1 aromatic rings. The van der Waals surface area contributed by atoms with Gasteiger partial charge in [0.1, 0.15) is 5.60 Å². The molecule has 8 heteroatoms. The second-order valence-electron chi connectivity index (χ2n) is 9.17. The molecule has 1 unspecified atom stereocenters. The van der Waals surface area contributed by atoms with Gasteiger partial charge in [0.05, 0.1) is 19.2 Å². The molecule has 2 rings (SSSR count). The van der Waals surface area contributed by atoms with E-state index < -0.39 is 11.6 Å². The second kappa shape index (κ2) is 10.6. The van der Waals surface area contributed by atoms with Crippen LogP contribution in [0.5, 0.6) is 0 Å². The van der Waals surface area contributed by atoms with Gasteiger partial charge in [0.15, 0.2) is 0 Å². The summed E-state index contributed by atoms with van der Waals surface area (Å²) in [6, 6.07) is 5.09. The van der Waals surface area contributed by atoms with Crippen molar-refractivity contribution in [2.24, 2.45) is 5.92 Å². The topological polar surface area (TPSA) is 88.2 Å². The maximum absolute atomic E-state index is 12.6. The number of hydrogen-bond donors (Lipinski definition) is 1. The number of piperidine rings is 1. The van der Waals surface area contributed by atoms with E-state index in [1.54, 1.807) is 30.1 Å². The number of amides is 2. The zero-order valence-electron chi connectivity index (χ0n) is 19.5. The van der Waals surface area contributed by atoms with Gasteiger partial charge in [-0.25, -0.2) is 9.59 Å². The highest BCUT2D eigenvalue weighted by Crippen LogP contribution is 2.20. The largest absolute Gasteiger partial charge is 0.465 e. The molecule has 0 spiro atoms. The minimum Gasteiger partial charge on any atom is -0.465 e. The molecular weight excluding hydrogens is 398 g/mol. The van der Waals surface area contributed by atoms with Crippen molar-refractivity contribution in [3.8, 4) is 0 Å². The van der Waals surface area contributed by atoms with E-state index in [0.717, 1.165) is 31.5 Å². The summed E-state index contributed by atoms with van der Waals surface area (Å²) in [4.78, 5) is 40.3. The van der Waals surface area contributed by atoms with Crippen LogP contribution in [-0.2, 0) is 14.3 Å². The molecule has 1 saturated heterocycles. The third-order valence-corrected chi connectivity index (χ3v) is 5.14. The Morgan fingerprint density at radius 2 is 1.97 bits per heavy atom. The zero-order chi connectivity index (χ0) is 23.2. The van der Waals surface area contributed by atoms with E-state index in [4.69, 9.17) is 9.47 Å². The van der Waals surface area contributed by atoms with Crippen LogP contribution < -0.4 is 5.32 Å². The van der Waals surface area contributed by atoms with Crippen LogP contribution in [-0.4, -0.2) is 73.7 Å². The standard InChI is InChI=1S/C23H35N3O5/c1-16-9-10-18(21(28)30-6)12-19(16)24-20(27)15-26-11-7-8-17(14-26)13-25(5)22(29)31-23(2,3)4/h9-10,12,17H,7-8,11,13-15H2,1-6H3,(H,24,27). The van der Waals surface area contributed by atoms with Gasteiger partial charge in [0.25, 0.3) is 0 Å². The van der Waals surface area contributed by atoms with Gasteiger partial charge in [-0.15, -0.1) is 0 Å². The maximum Gasteiger partial charge on any atom is 0.410 e. The lowest BCUT2D eigenvalue weighted by Gasteiger charge is -2.34. The maximum atomic E-state index is 12.6. The van der Waals surface area contributed by atoms with Crippen molar-refractivity contribution in [3.63, 3.8) is 0 Å². The Hall–Kier alpha value is -2.61. The molecule has 1 aliphatic heterocycles. The summed E-state index contributed by atoms with van der Waals surface area (Å²) in [6.45, 7) is 9.85. The van der Waals surface area contributed by atoms with E-state index in [9.17, 15) is 14.4 Å². The summed E-state index contributed by atoms with van der Waals surface area (Å²) >= 11 is 0. The number of anilines is 1. The quantitative estimate of drug-likeness (QED) is 0.693. The molecular formula is C23H35N3O5. The first-order chi connectivity index (χ1) is 14.5.